The third-order valence-corrected chi connectivity index (χ3v) is 4.32. The minimum Gasteiger partial charge on any atom is -0.454 e. The van der Waals surface area contributed by atoms with Gasteiger partial charge >= 0.3 is 0 Å². The van der Waals surface area contributed by atoms with Gasteiger partial charge in [-0.1, -0.05) is 5.16 Å². The maximum atomic E-state index is 12.4. The second-order valence-corrected chi connectivity index (χ2v) is 5.85. The molecule has 1 amide bonds. The summed E-state index contributed by atoms with van der Waals surface area (Å²) < 4.78 is 12.5. The van der Waals surface area contributed by atoms with E-state index in [9.17, 15) is 4.79 Å². The number of fused-ring (bicyclic) bond motifs is 1. The van der Waals surface area contributed by atoms with Gasteiger partial charge in [0.2, 0.25) is 12.9 Å². The van der Waals surface area contributed by atoms with E-state index in [0.29, 0.717) is 23.6 Å². The highest BCUT2D eigenvalue weighted by Crippen LogP contribution is 2.34. The van der Waals surface area contributed by atoms with Crippen LogP contribution in [0.25, 0.3) is 0 Å². The highest BCUT2D eigenvalue weighted by molar-refractivity contribution is 6.06. The molecule has 1 aromatic heterocycles. The molecule has 2 aliphatic heterocycles. The number of carbonyl (C=O) groups excluding carboxylic acids is 1. The molecule has 0 unspecified atom stereocenters. The number of nitrogens with zero attached hydrogens (tertiary/aromatic N) is 3. The fourth-order valence-electron chi connectivity index (χ4n) is 2.92. The van der Waals surface area contributed by atoms with Crippen LogP contribution in [0.3, 0.4) is 0 Å². The molecule has 2 aromatic rings. The van der Waals surface area contributed by atoms with Crippen molar-refractivity contribution in [3.63, 3.8) is 0 Å². The Morgan fingerprint density at radius 2 is 2.20 bits per heavy atom. The molecule has 8 heteroatoms. The van der Waals surface area contributed by atoms with Crippen molar-refractivity contribution in [1.82, 2.24) is 9.78 Å². The molecular formula is C17H18N4O4. The number of carbonyl (C=O) groups is 1. The molecule has 3 heterocycles. The van der Waals surface area contributed by atoms with Crippen molar-refractivity contribution < 1.29 is 19.1 Å². The van der Waals surface area contributed by atoms with Crippen LogP contribution < -0.4 is 14.8 Å². The first-order chi connectivity index (χ1) is 12.2. The number of hydrogen-bond acceptors (Lipinski definition) is 6. The van der Waals surface area contributed by atoms with E-state index in [0.717, 1.165) is 23.5 Å². The number of oxime groups is 1. The molecule has 0 saturated carbocycles. The molecule has 130 valence electrons. The van der Waals surface area contributed by atoms with E-state index in [-0.39, 0.29) is 12.7 Å². The molecule has 0 aliphatic carbocycles. The SMILES string of the molecule is CCn1ncc(C2=NO[C@H](C(=O)Nc3ccc4c(c3)OCO4)C2)c1C. The third kappa shape index (κ3) is 2.79. The predicted octanol–water partition coefficient (Wildman–Crippen LogP) is 2.07. The molecule has 0 spiro atoms. The zero-order valence-electron chi connectivity index (χ0n) is 14.0. The maximum absolute atomic E-state index is 12.4. The topological polar surface area (TPSA) is 87.0 Å². The number of aromatic nitrogens is 2. The van der Waals surface area contributed by atoms with Crippen LogP contribution in [0.2, 0.25) is 0 Å². The van der Waals surface area contributed by atoms with E-state index in [1.54, 1.807) is 24.4 Å². The summed E-state index contributed by atoms with van der Waals surface area (Å²) in [5, 5.41) is 11.2. The minimum absolute atomic E-state index is 0.195. The summed E-state index contributed by atoms with van der Waals surface area (Å²) in [6, 6.07) is 5.25. The second-order valence-electron chi connectivity index (χ2n) is 5.85. The van der Waals surface area contributed by atoms with Gasteiger partial charge in [-0.2, -0.15) is 5.10 Å². The van der Waals surface area contributed by atoms with Crippen LogP contribution in [-0.4, -0.2) is 34.3 Å². The lowest BCUT2D eigenvalue weighted by molar-refractivity contribution is -0.125. The Bertz CT molecular complexity index is 858. The van der Waals surface area contributed by atoms with Crippen molar-refractivity contribution in [3.05, 3.63) is 35.7 Å². The zero-order valence-corrected chi connectivity index (χ0v) is 14.0. The van der Waals surface area contributed by atoms with Gasteiger partial charge in [0, 0.05) is 36.0 Å². The van der Waals surface area contributed by atoms with Gasteiger partial charge in [0.1, 0.15) is 0 Å². The summed E-state index contributed by atoms with van der Waals surface area (Å²) >= 11 is 0. The van der Waals surface area contributed by atoms with Crippen LogP contribution in [0.5, 0.6) is 11.5 Å². The highest BCUT2D eigenvalue weighted by atomic mass is 16.7. The molecular weight excluding hydrogens is 324 g/mol. The Labute approximate surface area is 144 Å². The van der Waals surface area contributed by atoms with E-state index < -0.39 is 6.10 Å². The van der Waals surface area contributed by atoms with Crippen LogP contribution in [0.1, 0.15) is 24.6 Å². The Hall–Kier alpha value is -3.03. The monoisotopic (exact) mass is 342 g/mol. The Morgan fingerprint density at radius 1 is 1.36 bits per heavy atom. The molecule has 0 radical (unpaired) electrons. The zero-order chi connectivity index (χ0) is 17.4. The maximum Gasteiger partial charge on any atom is 0.268 e. The Balaban J connectivity index is 1.42. The van der Waals surface area contributed by atoms with Crippen molar-refractivity contribution in [1.29, 1.82) is 0 Å². The molecule has 0 fully saturated rings. The molecule has 0 saturated heterocycles. The van der Waals surface area contributed by atoms with Gasteiger partial charge in [-0.15, -0.1) is 0 Å². The quantitative estimate of drug-likeness (QED) is 0.919. The van der Waals surface area contributed by atoms with Crippen LogP contribution >= 0.6 is 0 Å². The summed E-state index contributed by atoms with van der Waals surface area (Å²) in [5.74, 6) is 1.03. The number of ether oxygens (including phenoxy) is 2. The van der Waals surface area contributed by atoms with E-state index in [4.69, 9.17) is 14.3 Å². The summed E-state index contributed by atoms with van der Waals surface area (Å²) in [7, 11) is 0. The van der Waals surface area contributed by atoms with E-state index in [1.807, 2.05) is 18.5 Å². The number of anilines is 1. The van der Waals surface area contributed by atoms with Crippen molar-refractivity contribution in [2.45, 2.75) is 32.9 Å². The first kappa shape index (κ1) is 15.5. The van der Waals surface area contributed by atoms with Gasteiger partial charge in [-0.05, 0) is 26.0 Å². The fourth-order valence-corrected chi connectivity index (χ4v) is 2.92. The standard InChI is InChI=1S/C17H18N4O4/c1-3-21-10(2)12(8-18-21)13-7-16(25-20-13)17(22)19-11-4-5-14-15(6-11)24-9-23-14/h4-6,8,16H,3,7,9H2,1-2H3,(H,19,22)/t16-/m0/s1. The van der Waals surface area contributed by atoms with Crippen LogP contribution in [0.15, 0.2) is 29.6 Å². The number of aryl methyl sites for hydroxylation is 1. The average molecular weight is 342 g/mol. The summed E-state index contributed by atoms with van der Waals surface area (Å²) in [4.78, 5) is 17.8. The van der Waals surface area contributed by atoms with E-state index >= 15 is 0 Å². The van der Waals surface area contributed by atoms with Gasteiger partial charge in [0.05, 0.1) is 11.9 Å². The summed E-state index contributed by atoms with van der Waals surface area (Å²) in [6.45, 7) is 4.99. The van der Waals surface area contributed by atoms with Gasteiger partial charge < -0.3 is 19.6 Å². The molecule has 8 nitrogen and oxygen atoms in total. The number of amides is 1. The lowest BCUT2D eigenvalue weighted by Crippen LogP contribution is -2.28. The van der Waals surface area contributed by atoms with Gasteiger partial charge in [0.15, 0.2) is 11.5 Å². The highest BCUT2D eigenvalue weighted by Gasteiger charge is 2.30. The minimum atomic E-state index is -0.662. The first-order valence-electron chi connectivity index (χ1n) is 8.11. The van der Waals surface area contributed by atoms with E-state index in [1.165, 1.54) is 0 Å². The van der Waals surface area contributed by atoms with Crippen LogP contribution in [-0.2, 0) is 16.2 Å². The number of hydrogen-bond donors (Lipinski definition) is 1. The average Bonchev–Trinajstić information content (AvgIpc) is 3.33. The van der Waals surface area contributed by atoms with Gasteiger partial charge in [-0.25, -0.2) is 0 Å². The number of nitrogens with one attached hydrogen (secondary N) is 1. The van der Waals surface area contributed by atoms with Crippen molar-refractivity contribution in [2.75, 3.05) is 12.1 Å². The lowest BCUT2D eigenvalue weighted by atomic mass is 10.1. The van der Waals surface area contributed by atoms with Crippen LogP contribution in [0.4, 0.5) is 5.69 Å². The normalized spacial score (nSPS) is 18.0. The van der Waals surface area contributed by atoms with E-state index in [2.05, 4.69) is 15.6 Å². The van der Waals surface area contributed by atoms with Gasteiger partial charge in [0.25, 0.3) is 5.91 Å². The second kappa shape index (κ2) is 6.12. The first-order valence-corrected chi connectivity index (χ1v) is 8.11. The smallest absolute Gasteiger partial charge is 0.268 e. The molecule has 25 heavy (non-hydrogen) atoms. The molecule has 4 rings (SSSR count). The Morgan fingerprint density at radius 3 is 3.00 bits per heavy atom. The number of rotatable bonds is 4. The third-order valence-electron chi connectivity index (χ3n) is 4.32. The molecule has 1 aromatic carbocycles. The summed E-state index contributed by atoms with van der Waals surface area (Å²) in [6.07, 6.45) is 1.51. The molecule has 1 N–H and O–H groups in total. The van der Waals surface area contributed by atoms with Crippen molar-refractivity contribution in [3.8, 4) is 11.5 Å². The van der Waals surface area contributed by atoms with Crippen molar-refractivity contribution in [2.24, 2.45) is 5.16 Å². The fraction of sp³-hybridized carbons (Fsp3) is 0.353. The van der Waals surface area contributed by atoms with Crippen molar-refractivity contribution >= 4 is 17.3 Å². The Kier molecular flexibility index (Phi) is 3.79. The molecule has 0 bridgehead atoms. The largest absolute Gasteiger partial charge is 0.454 e. The summed E-state index contributed by atoms with van der Waals surface area (Å²) in [5.41, 5.74) is 3.30. The van der Waals surface area contributed by atoms with Gasteiger partial charge in [-0.3, -0.25) is 9.48 Å². The van der Waals surface area contributed by atoms with Crippen LogP contribution in [0, 0.1) is 6.92 Å². The molecule has 2 aliphatic rings. The lowest BCUT2D eigenvalue weighted by Gasteiger charge is -2.10. The predicted molar refractivity (Wildman–Crippen MR) is 89.9 cm³/mol. The number of benzene rings is 1. The molecule has 1 atom stereocenters.